The van der Waals surface area contributed by atoms with Crippen LogP contribution in [0.4, 0.5) is 0 Å². The van der Waals surface area contributed by atoms with Crippen LogP contribution in [0.25, 0.3) is 0 Å². The SMILES string of the molecule is O=C1C=C2CCCC23C([C@H]2C4=C(CCC4)[C@@H]3C(=O)[C@]2(O)CCl)C1(O)CCl. The highest BCUT2D eigenvalue weighted by molar-refractivity contribution is 6.22. The third kappa shape index (κ3) is 1.63. The molecule has 0 aromatic heterocycles. The lowest BCUT2D eigenvalue weighted by molar-refractivity contribution is -0.193. The maximum absolute atomic E-state index is 13.5. The number of aliphatic hydroxyl groups is 2. The number of hydrogen-bond acceptors (Lipinski definition) is 4. The highest BCUT2D eigenvalue weighted by Gasteiger charge is 2.76. The minimum atomic E-state index is -1.76. The summed E-state index contributed by atoms with van der Waals surface area (Å²) in [7, 11) is 0. The first-order chi connectivity index (χ1) is 12.4. The lowest BCUT2D eigenvalue weighted by Gasteiger charge is -2.65. The molecule has 0 aromatic carbocycles. The number of carbonyl (C=O) groups excluding carboxylic acids is 2. The molecule has 2 fully saturated rings. The molecule has 0 heterocycles. The second kappa shape index (κ2) is 5.22. The Bertz CT molecular complexity index is 802. The Morgan fingerprint density at radius 3 is 2.38 bits per heavy atom. The number of halogens is 2. The van der Waals surface area contributed by atoms with Crippen molar-refractivity contribution in [1.29, 1.82) is 0 Å². The van der Waals surface area contributed by atoms with Gasteiger partial charge in [0.15, 0.2) is 11.6 Å². The predicted octanol–water partition coefficient (Wildman–Crippen LogP) is 2.53. The van der Waals surface area contributed by atoms with Crippen molar-refractivity contribution in [3.8, 4) is 0 Å². The third-order valence-electron chi connectivity index (χ3n) is 7.92. The van der Waals surface area contributed by atoms with E-state index in [1.165, 1.54) is 0 Å². The van der Waals surface area contributed by atoms with Crippen LogP contribution in [-0.2, 0) is 9.59 Å². The molecule has 6 aliphatic carbocycles. The largest absolute Gasteiger partial charge is 0.380 e. The Kier molecular flexibility index (Phi) is 3.50. The zero-order valence-corrected chi connectivity index (χ0v) is 15.9. The fourth-order valence-corrected chi connectivity index (χ4v) is 7.71. The lowest BCUT2D eigenvalue weighted by atomic mass is 9.39. The second-order valence-corrected chi connectivity index (χ2v) is 9.23. The van der Waals surface area contributed by atoms with Gasteiger partial charge in [-0.05, 0) is 44.6 Å². The number of rotatable bonds is 2. The van der Waals surface area contributed by atoms with Crippen LogP contribution in [0.15, 0.2) is 22.8 Å². The normalized spacial score (nSPS) is 49.2. The van der Waals surface area contributed by atoms with E-state index in [4.69, 9.17) is 23.2 Å². The standard InChI is InChI=1S/C20H22Cl2O4/c21-8-19(25)13(23)7-10-3-2-6-18(10)15-12-5-1-4-11(12)14(16(18)19)20(26,9-22)17(15)24/h7,14-16,25-26H,1-6,8-9H2/t14-,15-,16?,18?,19?,20+/m1/s1. The van der Waals surface area contributed by atoms with Gasteiger partial charge in [-0.1, -0.05) is 16.7 Å². The summed E-state index contributed by atoms with van der Waals surface area (Å²) in [6, 6.07) is 0. The first-order valence-electron chi connectivity index (χ1n) is 9.44. The van der Waals surface area contributed by atoms with Gasteiger partial charge in [-0.25, -0.2) is 0 Å². The van der Waals surface area contributed by atoms with E-state index in [0.717, 1.165) is 55.2 Å². The Labute approximate surface area is 162 Å². The van der Waals surface area contributed by atoms with E-state index < -0.39 is 34.4 Å². The molecule has 0 saturated heterocycles. The number of hydrogen-bond donors (Lipinski definition) is 2. The molecule has 2 N–H and O–H groups in total. The van der Waals surface area contributed by atoms with Gasteiger partial charge in [0.05, 0.1) is 17.7 Å². The molecule has 3 unspecified atom stereocenters. The van der Waals surface area contributed by atoms with Crippen molar-refractivity contribution >= 4 is 34.8 Å². The van der Waals surface area contributed by atoms with Gasteiger partial charge in [-0.2, -0.15) is 0 Å². The molecular formula is C20H22Cl2O4. The number of Topliss-reactive ketones (excluding diaryl/α,β-unsaturated/α-hetero) is 1. The van der Waals surface area contributed by atoms with Gasteiger partial charge in [0, 0.05) is 17.3 Å². The van der Waals surface area contributed by atoms with E-state index in [1.807, 2.05) is 0 Å². The molecule has 0 aromatic rings. The Morgan fingerprint density at radius 2 is 1.69 bits per heavy atom. The van der Waals surface area contributed by atoms with Crippen LogP contribution in [0.5, 0.6) is 0 Å². The molecule has 6 atom stereocenters. The maximum atomic E-state index is 13.5. The van der Waals surface area contributed by atoms with Gasteiger partial charge in [-0.15, -0.1) is 23.2 Å². The van der Waals surface area contributed by atoms with E-state index in [1.54, 1.807) is 6.08 Å². The molecular weight excluding hydrogens is 375 g/mol. The van der Waals surface area contributed by atoms with Crippen molar-refractivity contribution in [3.05, 3.63) is 22.8 Å². The van der Waals surface area contributed by atoms with Crippen molar-refractivity contribution in [1.82, 2.24) is 0 Å². The molecule has 6 heteroatoms. The number of carbonyl (C=O) groups is 2. The highest BCUT2D eigenvalue weighted by atomic mass is 35.5. The summed E-state index contributed by atoms with van der Waals surface area (Å²) in [5, 5.41) is 22.8. The summed E-state index contributed by atoms with van der Waals surface area (Å²) >= 11 is 12.3. The number of fused-ring (bicyclic) bond motifs is 1. The highest BCUT2D eigenvalue weighted by Crippen LogP contribution is 2.72. The summed E-state index contributed by atoms with van der Waals surface area (Å²) in [4.78, 5) is 26.3. The van der Waals surface area contributed by atoms with E-state index in [9.17, 15) is 19.8 Å². The molecule has 0 aliphatic heterocycles. The average molecular weight is 397 g/mol. The molecule has 6 aliphatic rings. The third-order valence-corrected chi connectivity index (χ3v) is 8.74. The zero-order valence-electron chi connectivity index (χ0n) is 14.4. The number of allylic oxidation sites excluding steroid dienone is 2. The van der Waals surface area contributed by atoms with Crippen molar-refractivity contribution in [3.63, 3.8) is 0 Å². The second-order valence-electron chi connectivity index (χ2n) is 8.70. The van der Waals surface area contributed by atoms with E-state index in [0.29, 0.717) is 0 Å². The predicted molar refractivity (Wildman–Crippen MR) is 97.1 cm³/mol. The molecule has 0 radical (unpaired) electrons. The van der Waals surface area contributed by atoms with Crippen molar-refractivity contribution in [2.75, 3.05) is 11.8 Å². The van der Waals surface area contributed by atoms with Crippen LogP contribution >= 0.6 is 23.2 Å². The summed E-state index contributed by atoms with van der Waals surface area (Å²) in [5.41, 5.74) is -0.902. The molecule has 1 spiro atoms. The summed E-state index contributed by atoms with van der Waals surface area (Å²) in [6.45, 7) is 0. The topological polar surface area (TPSA) is 74.6 Å². The summed E-state index contributed by atoms with van der Waals surface area (Å²) in [5.74, 6) is -2.73. The maximum Gasteiger partial charge on any atom is 0.188 e. The molecule has 140 valence electrons. The smallest absolute Gasteiger partial charge is 0.188 e. The molecule has 4 nitrogen and oxygen atoms in total. The fourth-order valence-electron chi connectivity index (χ4n) is 7.12. The molecule has 2 bridgehead atoms. The van der Waals surface area contributed by atoms with Gasteiger partial charge < -0.3 is 10.2 Å². The molecule has 2 saturated carbocycles. The van der Waals surface area contributed by atoms with Gasteiger partial charge in [0.25, 0.3) is 0 Å². The zero-order chi connectivity index (χ0) is 18.5. The van der Waals surface area contributed by atoms with Crippen LogP contribution in [-0.4, -0.2) is 44.7 Å². The first kappa shape index (κ1) is 17.4. The van der Waals surface area contributed by atoms with Crippen molar-refractivity contribution in [2.24, 2.45) is 23.2 Å². The van der Waals surface area contributed by atoms with Crippen molar-refractivity contribution in [2.45, 2.75) is 49.7 Å². The van der Waals surface area contributed by atoms with Gasteiger partial charge in [-0.3, -0.25) is 9.59 Å². The first-order valence-corrected chi connectivity index (χ1v) is 10.5. The lowest BCUT2D eigenvalue weighted by Crippen LogP contribution is -2.74. The van der Waals surface area contributed by atoms with Crippen LogP contribution < -0.4 is 0 Å². The monoisotopic (exact) mass is 396 g/mol. The van der Waals surface area contributed by atoms with Crippen LogP contribution in [0.1, 0.15) is 38.5 Å². The Balaban J connectivity index is 1.86. The van der Waals surface area contributed by atoms with E-state index >= 15 is 0 Å². The van der Waals surface area contributed by atoms with E-state index in [2.05, 4.69) is 0 Å². The van der Waals surface area contributed by atoms with Crippen LogP contribution in [0.3, 0.4) is 0 Å². The molecule has 0 amide bonds. The van der Waals surface area contributed by atoms with Crippen LogP contribution in [0.2, 0.25) is 0 Å². The Morgan fingerprint density at radius 1 is 1.00 bits per heavy atom. The number of alkyl halides is 2. The van der Waals surface area contributed by atoms with Gasteiger partial charge in [0.1, 0.15) is 11.2 Å². The van der Waals surface area contributed by atoms with E-state index in [-0.39, 0.29) is 23.3 Å². The average Bonchev–Trinajstić information content (AvgIpc) is 3.26. The molecule has 6 rings (SSSR count). The van der Waals surface area contributed by atoms with Gasteiger partial charge >= 0.3 is 0 Å². The minimum Gasteiger partial charge on any atom is -0.380 e. The summed E-state index contributed by atoms with van der Waals surface area (Å²) < 4.78 is 0. The molecule has 26 heavy (non-hydrogen) atoms. The quantitative estimate of drug-likeness (QED) is 0.555. The minimum absolute atomic E-state index is 0.214. The number of ketones is 2. The van der Waals surface area contributed by atoms with Gasteiger partial charge in [0.2, 0.25) is 0 Å². The van der Waals surface area contributed by atoms with Crippen LogP contribution in [0, 0.1) is 23.2 Å². The van der Waals surface area contributed by atoms with Crippen molar-refractivity contribution < 1.29 is 19.8 Å². The summed E-state index contributed by atoms with van der Waals surface area (Å²) in [6.07, 6.45) is 6.54. The fraction of sp³-hybridized carbons (Fsp3) is 0.700. The Hall–Kier alpha value is -0.680.